The van der Waals surface area contributed by atoms with Crippen molar-refractivity contribution in [3.8, 4) is 5.75 Å². The summed E-state index contributed by atoms with van der Waals surface area (Å²) in [5.74, 6) is -3.75. The number of allylic oxidation sites excluding steroid dienone is 2. The molecule has 5 nitrogen and oxygen atoms in total. The van der Waals surface area contributed by atoms with E-state index in [1.165, 1.54) is 0 Å². The predicted octanol–water partition coefficient (Wildman–Crippen LogP) is 8.32. The first-order valence-electron chi connectivity index (χ1n) is 14.7. The second-order valence-electron chi connectivity index (χ2n) is 11.6. The summed E-state index contributed by atoms with van der Waals surface area (Å²) in [6, 6.07) is 7.83. The number of carbonyl (C=O) groups is 2. The zero-order chi connectivity index (χ0) is 32.0. The second kappa shape index (κ2) is 12.1. The largest absolute Gasteiger partial charge is 0.507 e. The van der Waals surface area contributed by atoms with Crippen molar-refractivity contribution < 1.29 is 45.8 Å². The van der Waals surface area contributed by atoms with Gasteiger partial charge in [-0.25, -0.2) is 4.90 Å². The quantitative estimate of drug-likeness (QED) is 0.183. The summed E-state index contributed by atoms with van der Waals surface area (Å²) in [6.45, 7) is 4.10. The Bertz CT molecular complexity index is 1480. The normalized spacial score (nSPS) is 24.3. The lowest BCUT2D eigenvalue weighted by molar-refractivity contribution is -0.143. The lowest BCUT2D eigenvalue weighted by atomic mass is 9.68. The van der Waals surface area contributed by atoms with Crippen LogP contribution < -0.4 is 4.90 Å². The van der Waals surface area contributed by atoms with Crippen LogP contribution in [0.4, 0.5) is 32.0 Å². The molecule has 0 saturated carbocycles. The number of ether oxygens (including phenoxy) is 1. The minimum atomic E-state index is -5.12. The fourth-order valence-corrected chi connectivity index (χ4v) is 6.83. The van der Waals surface area contributed by atoms with Crippen LogP contribution in [0.15, 0.2) is 59.2 Å². The Kier molecular flexibility index (Phi) is 8.72. The zero-order valence-electron chi connectivity index (χ0n) is 24.3. The van der Waals surface area contributed by atoms with Gasteiger partial charge in [0.15, 0.2) is 0 Å². The van der Waals surface area contributed by atoms with Gasteiger partial charge in [0, 0.05) is 11.5 Å². The molecule has 2 aromatic carbocycles. The maximum atomic E-state index is 13.8. The number of alkyl halides is 6. The van der Waals surface area contributed by atoms with E-state index in [1.807, 2.05) is 32.1 Å². The summed E-state index contributed by atoms with van der Waals surface area (Å²) < 4.78 is 87.6. The van der Waals surface area contributed by atoms with Crippen molar-refractivity contribution in [1.29, 1.82) is 0 Å². The Morgan fingerprint density at radius 1 is 0.977 bits per heavy atom. The fraction of sp³-hybridized carbons (Fsp3) is 0.455. The molecule has 44 heavy (non-hydrogen) atoms. The van der Waals surface area contributed by atoms with Gasteiger partial charge in [0.25, 0.3) is 0 Å². The molecule has 0 bridgehead atoms. The molecule has 2 aliphatic heterocycles. The van der Waals surface area contributed by atoms with Crippen LogP contribution in [0, 0.1) is 17.8 Å². The first-order valence-corrected chi connectivity index (χ1v) is 14.7. The lowest BCUT2D eigenvalue weighted by Gasteiger charge is -2.32. The minimum absolute atomic E-state index is 0.0197. The van der Waals surface area contributed by atoms with Crippen molar-refractivity contribution >= 4 is 23.6 Å². The maximum Gasteiger partial charge on any atom is 0.416 e. The molecule has 0 aromatic heterocycles. The highest BCUT2D eigenvalue weighted by atomic mass is 19.4. The Hall–Kier alpha value is -3.60. The zero-order valence-corrected chi connectivity index (χ0v) is 24.3. The van der Waals surface area contributed by atoms with E-state index in [-0.39, 0.29) is 30.9 Å². The van der Waals surface area contributed by atoms with Crippen LogP contribution in [0.1, 0.15) is 69.1 Å². The van der Waals surface area contributed by atoms with Crippen LogP contribution in [0.3, 0.4) is 0 Å². The van der Waals surface area contributed by atoms with E-state index in [4.69, 9.17) is 4.74 Å². The number of hydrogen-bond donors (Lipinski definition) is 1. The van der Waals surface area contributed by atoms with Gasteiger partial charge in [0.1, 0.15) is 5.75 Å². The van der Waals surface area contributed by atoms with Crippen molar-refractivity contribution in [3.63, 3.8) is 0 Å². The number of para-hydroxylation sites is 1. The number of fused-ring (bicyclic) bond motifs is 3. The van der Waals surface area contributed by atoms with Gasteiger partial charge in [-0.1, -0.05) is 55.7 Å². The minimum Gasteiger partial charge on any atom is -0.507 e. The molecule has 2 saturated heterocycles. The number of aromatic hydroxyl groups is 1. The molecule has 2 amide bonds. The van der Waals surface area contributed by atoms with Crippen LogP contribution >= 0.6 is 0 Å². The molecule has 2 fully saturated rings. The predicted molar refractivity (Wildman–Crippen MR) is 151 cm³/mol. The number of phenolic OH excluding ortho intramolecular Hbond substituents is 1. The van der Waals surface area contributed by atoms with Crippen LogP contribution in [0.2, 0.25) is 0 Å². The summed E-state index contributed by atoms with van der Waals surface area (Å²) in [6.07, 6.45) is -5.11. The smallest absolute Gasteiger partial charge is 0.416 e. The molecule has 11 heteroatoms. The van der Waals surface area contributed by atoms with Crippen LogP contribution in [-0.4, -0.2) is 29.6 Å². The number of hydrogen-bond acceptors (Lipinski definition) is 4. The van der Waals surface area contributed by atoms with Crippen LogP contribution in [0.25, 0.3) is 6.08 Å². The average molecular weight is 622 g/mol. The molecule has 2 aromatic rings. The molecule has 4 atom stereocenters. The number of imide groups is 1. The van der Waals surface area contributed by atoms with Crippen molar-refractivity contribution in [3.05, 3.63) is 75.9 Å². The van der Waals surface area contributed by atoms with Crippen LogP contribution in [0.5, 0.6) is 5.75 Å². The summed E-state index contributed by atoms with van der Waals surface area (Å²) in [5, 5.41) is 10.2. The SMILES string of the molecule is CCCC1=C2[C@@H](CC/C(=C/c3ccccc3O)CC)OC[C@@H]2[C@@H]2C(=O)N(c3cc(C(F)(F)F)cc(C(F)(F)F)c3)C(=O)[C@@H]2C1. The summed E-state index contributed by atoms with van der Waals surface area (Å²) in [5.41, 5.74) is -0.242. The third-order valence-corrected chi connectivity index (χ3v) is 8.87. The molecule has 0 radical (unpaired) electrons. The monoisotopic (exact) mass is 621 g/mol. The number of benzene rings is 2. The van der Waals surface area contributed by atoms with Gasteiger partial charge in [0.05, 0.1) is 41.4 Å². The summed E-state index contributed by atoms with van der Waals surface area (Å²) in [4.78, 5) is 27.9. The lowest BCUT2D eigenvalue weighted by Crippen LogP contribution is -2.34. The van der Waals surface area contributed by atoms with E-state index in [9.17, 15) is 41.0 Å². The average Bonchev–Trinajstić information content (AvgIpc) is 3.49. The number of phenols is 1. The van der Waals surface area contributed by atoms with Crippen molar-refractivity contribution in [2.24, 2.45) is 17.8 Å². The molecule has 3 aliphatic rings. The van der Waals surface area contributed by atoms with Gasteiger partial charge < -0.3 is 9.84 Å². The highest BCUT2D eigenvalue weighted by molar-refractivity contribution is 6.22. The van der Waals surface area contributed by atoms with Crippen molar-refractivity contribution in [1.82, 2.24) is 0 Å². The van der Waals surface area contributed by atoms with Gasteiger partial charge in [-0.2, -0.15) is 26.3 Å². The number of amides is 2. The highest BCUT2D eigenvalue weighted by Crippen LogP contribution is 2.52. The number of halogens is 6. The molecule has 236 valence electrons. The number of nitrogens with zero attached hydrogens (tertiary/aromatic N) is 1. The van der Waals surface area contributed by atoms with E-state index >= 15 is 0 Å². The van der Waals surface area contributed by atoms with Gasteiger partial charge in [-0.3, -0.25) is 9.59 Å². The van der Waals surface area contributed by atoms with Crippen molar-refractivity contribution in [2.75, 3.05) is 11.5 Å². The van der Waals surface area contributed by atoms with Crippen molar-refractivity contribution in [2.45, 2.75) is 70.8 Å². The molecular formula is C33H33F6NO4. The van der Waals surface area contributed by atoms with Crippen LogP contribution in [-0.2, 0) is 26.7 Å². The number of rotatable bonds is 8. The van der Waals surface area contributed by atoms with Gasteiger partial charge in [-0.15, -0.1) is 0 Å². The van der Waals surface area contributed by atoms with E-state index < -0.39 is 58.7 Å². The third-order valence-electron chi connectivity index (χ3n) is 8.87. The molecule has 5 rings (SSSR count). The number of carbonyl (C=O) groups excluding carboxylic acids is 2. The van der Waals surface area contributed by atoms with Gasteiger partial charge in [0.2, 0.25) is 11.8 Å². The van der Waals surface area contributed by atoms with E-state index in [0.29, 0.717) is 41.9 Å². The Balaban J connectivity index is 1.44. The van der Waals surface area contributed by atoms with Gasteiger partial charge >= 0.3 is 12.4 Å². The molecule has 0 unspecified atom stereocenters. The van der Waals surface area contributed by atoms with Gasteiger partial charge in [-0.05, 0) is 61.9 Å². The summed E-state index contributed by atoms with van der Waals surface area (Å²) in [7, 11) is 0. The standard InChI is InChI=1S/C33H33F6NO4/c1-3-7-20-13-24-29(25-17-44-27(28(20)25)11-10-18(4-2)12-19-8-5-6-9-26(19)41)31(43)40(30(24)42)23-15-21(32(34,35)36)14-22(16-23)33(37,38)39/h5-6,8-9,12,14-16,24-25,27,29,41H,3-4,7,10-11,13,17H2,1-2H3/b18-12+/t24-,25+,27-,29-/m1/s1. The van der Waals surface area contributed by atoms with E-state index in [2.05, 4.69) is 0 Å². The molecule has 1 aliphatic carbocycles. The Morgan fingerprint density at radius 2 is 1.64 bits per heavy atom. The topological polar surface area (TPSA) is 66.8 Å². The summed E-state index contributed by atoms with van der Waals surface area (Å²) >= 11 is 0. The Labute approximate surface area is 251 Å². The number of anilines is 1. The molecular weight excluding hydrogens is 588 g/mol. The first-order chi connectivity index (χ1) is 20.7. The maximum absolute atomic E-state index is 13.8. The third kappa shape index (κ3) is 6.03. The van der Waals surface area contributed by atoms with E-state index in [0.717, 1.165) is 29.6 Å². The molecule has 0 spiro atoms. The highest BCUT2D eigenvalue weighted by Gasteiger charge is 2.57. The molecule has 2 heterocycles. The fourth-order valence-electron chi connectivity index (χ4n) is 6.83. The second-order valence-corrected chi connectivity index (χ2v) is 11.6. The Morgan fingerprint density at radius 3 is 2.23 bits per heavy atom. The first kappa shape index (κ1) is 31.8. The molecule has 1 N–H and O–H groups in total. The van der Waals surface area contributed by atoms with E-state index in [1.54, 1.807) is 12.1 Å².